The minimum Gasteiger partial charge on any atom is -0.497 e. The van der Waals surface area contributed by atoms with Gasteiger partial charge in [0.25, 0.3) is 5.89 Å². The first kappa shape index (κ1) is 19.4. The van der Waals surface area contributed by atoms with Crippen LogP contribution in [0.3, 0.4) is 0 Å². The first-order valence-corrected chi connectivity index (χ1v) is 7.80. The van der Waals surface area contributed by atoms with Crippen molar-refractivity contribution >= 4 is 35.6 Å². The molecule has 0 bridgehead atoms. The van der Waals surface area contributed by atoms with Gasteiger partial charge in [0.1, 0.15) is 11.9 Å². The lowest BCUT2D eigenvalue weighted by molar-refractivity contribution is 0.0309. The average molecular weight is 459 g/mol. The lowest BCUT2D eigenvalue weighted by Crippen LogP contribution is -2.24. The molecule has 136 valence electrons. The molecule has 0 unspecified atom stereocenters. The van der Waals surface area contributed by atoms with E-state index < -0.39 is 0 Å². The van der Waals surface area contributed by atoms with Crippen molar-refractivity contribution in [2.75, 3.05) is 19.0 Å². The molecule has 1 fully saturated rings. The molecule has 0 aliphatic carbocycles. The maximum Gasteiger partial charge on any atom is 0.255 e. The van der Waals surface area contributed by atoms with E-state index in [1.54, 1.807) is 14.0 Å². The number of aromatic nitrogens is 2. The molecular weight excluding hydrogens is 437 g/mol. The topological polar surface area (TPSA) is 108 Å². The molecule has 0 amide bonds. The minimum absolute atomic E-state index is 0. The summed E-state index contributed by atoms with van der Waals surface area (Å²) < 4.78 is 16.2. The monoisotopic (exact) mass is 459 g/mol. The van der Waals surface area contributed by atoms with Gasteiger partial charge in [0, 0.05) is 5.69 Å². The highest BCUT2D eigenvalue weighted by atomic mass is 127. The molecule has 2 heterocycles. The van der Waals surface area contributed by atoms with E-state index in [-0.39, 0.29) is 36.2 Å². The van der Waals surface area contributed by atoms with Crippen molar-refractivity contribution in [2.24, 2.45) is 10.7 Å². The van der Waals surface area contributed by atoms with Crippen molar-refractivity contribution in [2.45, 2.75) is 32.0 Å². The lowest BCUT2D eigenvalue weighted by atomic mass is 10.2. The van der Waals surface area contributed by atoms with Gasteiger partial charge in [0.05, 0.1) is 19.8 Å². The van der Waals surface area contributed by atoms with Crippen LogP contribution in [-0.2, 0) is 4.74 Å². The summed E-state index contributed by atoms with van der Waals surface area (Å²) >= 11 is 0. The summed E-state index contributed by atoms with van der Waals surface area (Å²) in [6.45, 7) is 2.27. The van der Waals surface area contributed by atoms with Crippen LogP contribution < -0.4 is 15.8 Å². The van der Waals surface area contributed by atoms with Gasteiger partial charge in [-0.3, -0.25) is 4.99 Å². The Hall–Kier alpha value is -1.88. The van der Waals surface area contributed by atoms with Crippen LogP contribution in [0.25, 0.3) is 0 Å². The number of methoxy groups -OCH3 is 1. The highest BCUT2D eigenvalue weighted by Crippen LogP contribution is 2.31. The Labute approximate surface area is 163 Å². The van der Waals surface area contributed by atoms with Crippen LogP contribution in [0, 0.1) is 6.92 Å². The molecule has 1 aromatic carbocycles. The first-order chi connectivity index (χ1) is 11.6. The molecule has 1 saturated heterocycles. The molecule has 9 heteroatoms. The molecule has 3 N–H and O–H groups in total. The zero-order valence-corrected chi connectivity index (χ0v) is 16.5. The maximum atomic E-state index is 5.91. The summed E-state index contributed by atoms with van der Waals surface area (Å²) in [6, 6.07) is 7.46. The predicted molar refractivity (Wildman–Crippen MR) is 104 cm³/mol. The fourth-order valence-electron chi connectivity index (χ4n) is 2.53. The van der Waals surface area contributed by atoms with Gasteiger partial charge in [-0.15, -0.1) is 24.0 Å². The number of nitrogens with zero attached hydrogens (tertiary/aromatic N) is 3. The van der Waals surface area contributed by atoms with Crippen molar-refractivity contribution in [1.82, 2.24) is 10.1 Å². The van der Waals surface area contributed by atoms with Gasteiger partial charge >= 0.3 is 0 Å². The van der Waals surface area contributed by atoms with Gasteiger partial charge < -0.3 is 25.0 Å². The molecule has 1 aliphatic heterocycles. The number of hydrogen-bond acceptors (Lipinski definition) is 6. The van der Waals surface area contributed by atoms with E-state index in [2.05, 4.69) is 20.4 Å². The number of nitrogens with two attached hydrogens (primary N) is 1. The molecule has 8 nitrogen and oxygen atoms in total. The highest BCUT2D eigenvalue weighted by molar-refractivity contribution is 14.0. The summed E-state index contributed by atoms with van der Waals surface area (Å²) in [4.78, 5) is 8.54. The van der Waals surface area contributed by atoms with Gasteiger partial charge in [-0.25, -0.2) is 0 Å². The summed E-state index contributed by atoms with van der Waals surface area (Å²) in [5.74, 6) is 2.28. The summed E-state index contributed by atoms with van der Waals surface area (Å²) in [5.41, 5.74) is 6.77. The number of aryl methyl sites for hydroxylation is 1. The Morgan fingerprint density at radius 3 is 2.76 bits per heavy atom. The Morgan fingerprint density at radius 2 is 2.12 bits per heavy atom. The second kappa shape index (κ2) is 8.99. The third-order valence-electron chi connectivity index (χ3n) is 3.75. The molecule has 1 aliphatic rings. The zero-order chi connectivity index (χ0) is 16.9. The number of hydrogen-bond donors (Lipinski definition) is 2. The molecule has 0 saturated carbocycles. The fraction of sp³-hybridized carbons (Fsp3) is 0.438. The zero-order valence-electron chi connectivity index (χ0n) is 14.1. The molecule has 3 rings (SSSR count). The van der Waals surface area contributed by atoms with Crippen LogP contribution >= 0.6 is 24.0 Å². The van der Waals surface area contributed by atoms with E-state index in [1.165, 1.54) is 0 Å². The Bertz CT molecular complexity index is 704. The van der Waals surface area contributed by atoms with Crippen LogP contribution in [0.5, 0.6) is 5.75 Å². The van der Waals surface area contributed by atoms with E-state index in [4.69, 9.17) is 19.7 Å². The van der Waals surface area contributed by atoms with Crippen LogP contribution in [0.2, 0.25) is 0 Å². The predicted octanol–water partition coefficient (Wildman–Crippen LogP) is 2.65. The van der Waals surface area contributed by atoms with E-state index in [0.29, 0.717) is 24.2 Å². The second-order valence-electron chi connectivity index (χ2n) is 5.58. The van der Waals surface area contributed by atoms with Crippen molar-refractivity contribution < 1.29 is 14.0 Å². The Balaban J connectivity index is 0.00000225. The summed E-state index contributed by atoms with van der Waals surface area (Å²) in [5, 5.41) is 6.83. The van der Waals surface area contributed by atoms with Crippen LogP contribution in [-0.4, -0.2) is 35.9 Å². The highest BCUT2D eigenvalue weighted by Gasteiger charge is 2.30. The Morgan fingerprint density at radius 1 is 1.36 bits per heavy atom. The van der Waals surface area contributed by atoms with Gasteiger partial charge in [-0.1, -0.05) is 5.16 Å². The second-order valence-corrected chi connectivity index (χ2v) is 5.58. The van der Waals surface area contributed by atoms with Gasteiger partial charge in [0.2, 0.25) is 0 Å². The number of guanidine groups is 1. The number of rotatable bonds is 5. The number of anilines is 1. The van der Waals surface area contributed by atoms with Gasteiger partial charge in [-0.05, 0) is 44.0 Å². The van der Waals surface area contributed by atoms with Gasteiger partial charge in [0.15, 0.2) is 11.8 Å². The van der Waals surface area contributed by atoms with Gasteiger partial charge in [-0.2, -0.15) is 4.98 Å². The number of halogens is 1. The number of benzene rings is 1. The normalized spacial score (nSPS) is 20.2. The first-order valence-electron chi connectivity index (χ1n) is 7.80. The van der Waals surface area contributed by atoms with E-state index in [1.807, 2.05) is 24.3 Å². The van der Waals surface area contributed by atoms with E-state index >= 15 is 0 Å². The van der Waals surface area contributed by atoms with Crippen LogP contribution in [0.4, 0.5) is 5.69 Å². The van der Waals surface area contributed by atoms with Crippen LogP contribution in [0.15, 0.2) is 33.8 Å². The molecule has 0 radical (unpaired) electrons. The molecule has 25 heavy (non-hydrogen) atoms. The molecule has 1 aromatic heterocycles. The third-order valence-corrected chi connectivity index (χ3v) is 3.75. The van der Waals surface area contributed by atoms with E-state index in [9.17, 15) is 0 Å². The van der Waals surface area contributed by atoms with Crippen LogP contribution in [0.1, 0.15) is 30.7 Å². The van der Waals surface area contributed by atoms with Crippen molar-refractivity contribution in [1.29, 1.82) is 0 Å². The minimum atomic E-state index is -0.151. The number of aliphatic imine (C=N–C) groups is 1. The molecular formula is C16H22IN5O3. The molecule has 2 aromatic rings. The summed E-state index contributed by atoms with van der Waals surface area (Å²) in [7, 11) is 1.63. The SMILES string of the molecule is COc1ccc(NC(N)=NC[C@H]2CC[C@@H](c3nc(C)no3)O2)cc1.I. The number of ether oxygens (including phenoxy) is 2. The lowest BCUT2D eigenvalue weighted by Gasteiger charge is -2.10. The standard InChI is InChI=1S/C16H21N5O3.HI/c1-10-19-15(24-21-10)14-8-7-13(23-14)9-18-16(17)20-11-3-5-12(22-2)6-4-11;/h3-6,13-14H,7-9H2,1-2H3,(H3,17,18,20);1H/t13-,14+;/m1./s1. The largest absolute Gasteiger partial charge is 0.497 e. The Kier molecular flexibility index (Phi) is 7.00. The van der Waals surface area contributed by atoms with E-state index in [0.717, 1.165) is 24.3 Å². The third kappa shape index (κ3) is 5.30. The summed E-state index contributed by atoms with van der Waals surface area (Å²) in [6.07, 6.45) is 1.57. The van der Waals surface area contributed by atoms with Crippen molar-refractivity contribution in [3.05, 3.63) is 36.0 Å². The molecule has 2 atom stereocenters. The average Bonchev–Trinajstić information content (AvgIpc) is 3.22. The molecule has 0 spiro atoms. The number of nitrogens with one attached hydrogen (secondary N) is 1. The fourth-order valence-corrected chi connectivity index (χ4v) is 2.53. The smallest absolute Gasteiger partial charge is 0.255 e. The quantitative estimate of drug-likeness (QED) is 0.402. The maximum absolute atomic E-state index is 5.91. The van der Waals surface area contributed by atoms with Crippen molar-refractivity contribution in [3.63, 3.8) is 0 Å². The van der Waals surface area contributed by atoms with Crippen molar-refractivity contribution in [3.8, 4) is 5.75 Å².